The van der Waals surface area contributed by atoms with Crippen molar-refractivity contribution in [2.24, 2.45) is 0 Å². The van der Waals surface area contributed by atoms with Crippen molar-refractivity contribution in [1.29, 1.82) is 5.26 Å². The molecule has 0 aliphatic rings. The molecular formula is C12H9F3N2O3. The van der Waals surface area contributed by atoms with Gasteiger partial charge in [0.05, 0.1) is 11.6 Å². The molecule has 1 rings (SSSR count). The SMILES string of the molecule is N#Cc1cccc(C[C@H](NC(=O)C(F)(F)F)C(=O)O)c1. The summed E-state index contributed by atoms with van der Waals surface area (Å²) < 4.78 is 36.2. The number of amides is 1. The zero-order valence-corrected chi connectivity index (χ0v) is 9.94. The van der Waals surface area contributed by atoms with Crippen molar-refractivity contribution < 1.29 is 27.9 Å². The Balaban J connectivity index is 2.85. The Kier molecular flexibility index (Phi) is 4.69. The first kappa shape index (κ1) is 15.5. The summed E-state index contributed by atoms with van der Waals surface area (Å²) in [5.41, 5.74) is 0.577. The number of nitrogens with one attached hydrogen (secondary N) is 1. The van der Waals surface area contributed by atoms with Crippen LogP contribution in [0.2, 0.25) is 0 Å². The van der Waals surface area contributed by atoms with E-state index in [2.05, 4.69) is 0 Å². The van der Waals surface area contributed by atoms with Crippen molar-refractivity contribution in [1.82, 2.24) is 5.32 Å². The van der Waals surface area contributed by atoms with E-state index in [1.807, 2.05) is 6.07 Å². The normalized spacial score (nSPS) is 12.3. The molecule has 0 spiro atoms. The number of benzene rings is 1. The molecular weight excluding hydrogens is 277 g/mol. The van der Waals surface area contributed by atoms with E-state index in [-0.39, 0.29) is 12.0 Å². The number of carbonyl (C=O) groups excluding carboxylic acids is 1. The second-order valence-electron chi connectivity index (χ2n) is 3.88. The zero-order valence-electron chi connectivity index (χ0n) is 9.94. The molecule has 0 radical (unpaired) electrons. The molecule has 0 saturated heterocycles. The highest BCUT2D eigenvalue weighted by molar-refractivity contribution is 5.87. The molecule has 0 aliphatic carbocycles. The van der Waals surface area contributed by atoms with E-state index in [1.165, 1.54) is 29.6 Å². The fraction of sp³-hybridized carbons (Fsp3) is 0.250. The van der Waals surface area contributed by atoms with Crippen LogP contribution in [0.3, 0.4) is 0 Å². The minimum atomic E-state index is -5.15. The fourth-order valence-electron chi connectivity index (χ4n) is 1.44. The topological polar surface area (TPSA) is 90.2 Å². The largest absolute Gasteiger partial charge is 0.480 e. The van der Waals surface area contributed by atoms with Gasteiger partial charge in [-0.2, -0.15) is 18.4 Å². The summed E-state index contributed by atoms with van der Waals surface area (Å²) >= 11 is 0. The molecule has 0 aliphatic heterocycles. The molecule has 0 heterocycles. The number of nitriles is 1. The number of alkyl halides is 3. The van der Waals surface area contributed by atoms with Crippen LogP contribution >= 0.6 is 0 Å². The van der Waals surface area contributed by atoms with Crippen LogP contribution in [0.5, 0.6) is 0 Å². The highest BCUT2D eigenvalue weighted by Crippen LogP contribution is 2.15. The highest BCUT2D eigenvalue weighted by Gasteiger charge is 2.40. The maximum atomic E-state index is 12.1. The molecule has 0 saturated carbocycles. The van der Waals surface area contributed by atoms with Crippen LogP contribution in [0.15, 0.2) is 24.3 Å². The van der Waals surface area contributed by atoms with E-state index in [9.17, 15) is 22.8 Å². The highest BCUT2D eigenvalue weighted by atomic mass is 19.4. The Hall–Kier alpha value is -2.56. The second kappa shape index (κ2) is 6.06. The number of carbonyl (C=O) groups is 2. The Morgan fingerprint density at radius 2 is 2.05 bits per heavy atom. The first-order chi connectivity index (χ1) is 9.24. The predicted octanol–water partition coefficient (Wildman–Crippen LogP) is 1.23. The lowest BCUT2D eigenvalue weighted by atomic mass is 10.0. The van der Waals surface area contributed by atoms with Crippen LogP contribution in [0.1, 0.15) is 11.1 Å². The third-order valence-electron chi connectivity index (χ3n) is 2.36. The molecule has 0 bridgehead atoms. The van der Waals surface area contributed by atoms with Gasteiger partial charge in [-0.05, 0) is 17.7 Å². The van der Waals surface area contributed by atoms with E-state index in [1.54, 1.807) is 0 Å². The Morgan fingerprint density at radius 3 is 2.55 bits per heavy atom. The first-order valence-corrected chi connectivity index (χ1v) is 5.33. The monoisotopic (exact) mass is 286 g/mol. The van der Waals surface area contributed by atoms with Gasteiger partial charge in [0.1, 0.15) is 6.04 Å². The summed E-state index contributed by atoms with van der Waals surface area (Å²) in [6.07, 6.45) is -5.51. The third kappa shape index (κ3) is 4.28. The predicted molar refractivity (Wildman–Crippen MR) is 60.5 cm³/mol. The van der Waals surface area contributed by atoms with Gasteiger partial charge in [-0.25, -0.2) is 4.79 Å². The van der Waals surface area contributed by atoms with Crippen LogP contribution in [0, 0.1) is 11.3 Å². The van der Waals surface area contributed by atoms with Gasteiger partial charge >= 0.3 is 18.1 Å². The number of carboxylic acid groups (broad SMARTS) is 1. The summed E-state index contributed by atoms with van der Waals surface area (Å²) in [5.74, 6) is -3.91. The number of hydrogen-bond acceptors (Lipinski definition) is 3. The van der Waals surface area contributed by atoms with Crippen molar-refractivity contribution >= 4 is 11.9 Å². The van der Waals surface area contributed by atoms with Gasteiger partial charge in [0.15, 0.2) is 0 Å². The maximum absolute atomic E-state index is 12.1. The molecule has 5 nitrogen and oxygen atoms in total. The second-order valence-corrected chi connectivity index (χ2v) is 3.88. The average Bonchev–Trinajstić information content (AvgIpc) is 2.36. The molecule has 20 heavy (non-hydrogen) atoms. The molecule has 1 aromatic carbocycles. The van der Waals surface area contributed by atoms with Crippen LogP contribution in [-0.4, -0.2) is 29.2 Å². The summed E-state index contributed by atoms with van der Waals surface area (Å²) in [6, 6.07) is 5.83. The van der Waals surface area contributed by atoms with Crippen molar-refractivity contribution in [3.05, 3.63) is 35.4 Å². The zero-order chi connectivity index (χ0) is 15.3. The first-order valence-electron chi connectivity index (χ1n) is 5.33. The van der Waals surface area contributed by atoms with Gasteiger partial charge in [0.25, 0.3) is 0 Å². The molecule has 1 aromatic rings. The maximum Gasteiger partial charge on any atom is 0.471 e. The lowest BCUT2D eigenvalue weighted by molar-refractivity contribution is -0.175. The molecule has 1 atom stereocenters. The number of hydrogen-bond donors (Lipinski definition) is 2. The summed E-state index contributed by atoms with van der Waals surface area (Å²) in [5, 5.41) is 18.9. The quantitative estimate of drug-likeness (QED) is 0.871. The summed E-state index contributed by atoms with van der Waals surface area (Å²) in [4.78, 5) is 21.6. The number of nitrogens with zero attached hydrogens (tertiary/aromatic N) is 1. The number of carboxylic acids is 1. The smallest absolute Gasteiger partial charge is 0.471 e. The summed E-state index contributed by atoms with van der Waals surface area (Å²) in [6.45, 7) is 0. The van der Waals surface area contributed by atoms with Crippen LogP contribution in [0.4, 0.5) is 13.2 Å². The van der Waals surface area contributed by atoms with E-state index >= 15 is 0 Å². The fourth-order valence-corrected chi connectivity index (χ4v) is 1.44. The molecule has 0 unspecified atom stereocenters. The van der Waals surface area contributed by atoms with Gasteiger partial charge in [0.2, 0.25) is 0 Å². The van der Waals surface area contributed by atoms with Crippen LogP contribution in [-0.2, 0) is 16.0 Å². The van der Waals surface area contributed by atoms with Crippen LogP contribution in [0.25, 0.3) is 0 Å². The van der Waals surface area contributed by atoms with Gasteiger partial charge in [0, 0.05) is 6.42 Å². The summed E-state index contributed by atoms with van der Waals surface area (Å²) in [7, 11) is 0. The lowest BCUT2D eigenvalue weighted by Crippen LogP contribution is -2.47. The Bertz CT molecular complexity index is 564. The lowest BCUT2D eigenvalue weighted by Gasteiger charge is -2.15. The van der Waals surface area contributed by atoms with Crippen molar-refractivity contribution in [3.8, 4) is 6.07 Å². The number of rotatable bonds is 4. The van der Waals surface area contributed by atoms with Crippen molar-refractivity contribution in [2.45, 2.75) is 18.6 Å². The molecule has 0 fully saturated rings. The van der Waals surface area contributed by atoms with Crippen LogP contribution < -0.4 is 5.32 Å². The number of halogens is 3. The number of aliphatic carboxylic acids is 1. The Morgan fingerprint density at radius 1 is 1.40 bits per heavy atom. The van der Waals surface area contributed by atoms with Crippen molar-refractivity contribution in [3.63, 3.8) is 0 Å². The van der Waals surface area contributed by atoms with E-state index < -0.39 is 24.1 Å². The van der Waals surface area contributed by atoms with Crippen molar-refractivity contribution in [2.75, 3.05) is 0 Å². The van der Waals surface area contributed by atoms with Gasteiger partial charge in [-0.1, -0.05) is 12.1 Å². The standard InChI is InChI=1S/C12H9F3N2O3/c13-12(14,15)11(20)17-9(10(18)19)5-7-2-1-3-8(4-7)6-16/h1-4,9H,5H2,(H,17,20)(H,18,19)/t9-/m0/s1. The van der Waals surface area contributed by atoms with Gasteiger partial charge in [-0.15, -0.1) is 0 Å². The minimum absolute atomic E-state index is 0.244. The van der Waals surface area contributed by atoms with E-state index in [4.69, 9.17) is 10.4 Å². The van der Waals surface area contributed by atoms with E-state index in [0.29, 0.717) is 5.56 Å². The average molecular weight is 286 g/mol. The molecule has 0 aromatic heterocycles. The molecule has 8 heteroatoms. The minimum Gasteiger partial charge on any atom is -0.480 e. The molecule has 2 N–H and O–H groups in total. The molecule has 106 valence electrons. The third-order valence-corrected chi connectivity index (χ3v) is 2.36. The Labute approximate surface area is 111 Å². The van der Waals surface area contributed by atoms with Gasteiger partial charge < -0.3 is 10.4 Å². The van der Waals surface area contributed by atoms with Gasteiger partial charge in [-0.3, -0.25) is 4.79 Å². The molecule has 1 amide bonds. The van der Waals surface area contributed by atoms with E-state index in [0.717, 1.165) is 0 Å².